The van der Waals surface area contributed by atoms with E-state index in [4.69, 9.17) is 14.2 Å². The van der Waals surface area contributed by atoms with Crippen LogP contribution in [-0.2, 0) is 20.9 Å². The first-order chi connectivity index (χ1) is 15.6. The highest BCUT2D eigenvalue weighted by Crippen LogP contribution is 2.32. The molecule has 0 radical (unpaired) electrons. The maximum atomic E-state index is 12.7. The Morgan fingerprint density at radius 2 is 2.00 bits per heavy atom. The van der Waals surface area contributed by atoms with Gasteiger partial charge in [0, 0.05) is 18.0 Å². The Morgan fingerprint density at radius 3 is 2.81 bits per heavy atom. The highest BCUT2D eigenvalue weighted by molar-refractivity contribution is 5.97. The molecule has 2 fully saturated rings. The molecule has 1 heterocycles. The monoisotopic (exact) mass is 436 g/mol. The summed E-state index contributed by atoms with van der Waals surface area (Å²) >= 11 is 0. The smallest absolute Gasteiger partial charge is 0.286 e. The van der Waals surface area contributed by atoms with Crippen molar-refractivity contribution in [1.29, 1.82) is 0 Å². The van der Waals surface area contributed by atoms with Gasteiger partial charge in [0.1, 0.15) is 17.6 Å². The third-order valence-corrected chi connectivity index (χ3v) is 6.00. The summed E-state index contributed by atoms with van der Waals surface area (Å²) in [7, 11) is 3.21. The van der Waals surface area contributed by atoms with Gasteiger partial charge in [0.25, 0.3) is 5.91 Å². The van der Waals surface area contributed by atoms with E-state index < -0.39 is 0 Å². The van der Waals surface area contributed by atoms with E-state index in [0.29, 0.717) is 31.6 Å². The zero-order valence-electron chi connectivity index (χ0n) is 18.3. The minimum atomic E-state index is -0.269. The Morgan fingerprint density at radius 1 is 1.16 bits per heavy atom. The van der Waals surface area contributed by atoms with Crippen molar-refractivity contribution < 1.29 is 23.8 Å². The van der Waals surface area contributed by atoms with Crippen LogP contribution in [0.5, 0.6) is 11.5 Å². The van der Waals surface area contributed by atoms with E-state index in [1.165, 1.54) is 0 Å². The lowest BCUT2D eigenvalue weighted by atomic mass is 9.82. The number of fused-ring (bicyclic) bond motifs is 1. The highest BCUT2D eigenvalue weighted by Gasteiger charge is 2.40. The summed E-state index contributed by atoms with van der Waals surface area (Å²) in [6, 6.07) is 14.9. The maximum Gasteiger partial charge on any atom is 0.286 e. The second-order valence-electron chi connectivity index (χ2n) is 8.07. The molecule has 2 N–H and O–H groups in total. The Hall–Kier alpha value is -3.48. The van der Waals surface area contributed by atoms with Crippen molar-refractivity contribution in [3.63, 3.8) is 0 Å². The van der Waals surface area contributed by atoms with Crippen molar-refractivity contribution in [2.24, 2.45) is 5.92 Å². The molecule has 32 heavy (non-hydrogen) atoms. The molecule has 168 valence electrons. The van der Waals surface area contributed by atoms with Crippen LogP contribution in [0.25, 0.3) is 6.08 Å². The lowest BCUT2D eigenvalue weighted by Gasteiger charge is -2.39. The predicted molar refractivity (Wildman–Crippen MR) is 120 cm³/mol. The van der Waals surface area contributed by atoms with E-state index in [9.17, 15) is 9.59 Å². The number of hydrogen-bond donors (Lipinski definition) is 2. The van der Waals surface area contributed by atoms with Gasteiger partial charge in [0.2, 0.25) is 5.91 Å². The molecule has 2 amide bonds. The Bertz CT molecular complexity index is 1020. The zero-order chi connectivity index (χ0) is 22.5. The summed E-state index contributed by atoms with van der Waals surface area (Å²) in [5.74, 6) is 1.28. The van der Waals surface area contributed by atoms with Crippen LogP contribution < -0.4 is 20.1 Å². The quantitative estimate of drug-likeness (QED) is 0.680. The first-order valence-electron chi connectivity index (χ1n) is 10.8. The van der Waals surface area contributed by atoms with Crippen LogP contribution >= 0.6 is 0 Å². The molecule has 1 saturated carbocycles. The third-order valence-electron chi connectivity index (χ3n) is 6.00. The van der Waals surface area contributed by atoms with Crippen molar-refractivity contribution in [3.05, 3.63) is 65.4 Å². The van der Waals surface area contributed by atoms with Crippen LogP contribution in [0.2, 0.25) is 0 Å². The molecule has 0 spiro atoms. The maximum absolute atomic E-state index is 12.7. The predicted octanol–water partition coefficient (Wildman–Crippen LogP) is 3.04. The SMILES string of the molecule is COc1cccc(CNC(=O)C2CCC3O/C(=C/c4ccccc4OC)C(=O)NC3C2)c1. The van der Waals surface area contributed by atoms with Crippen LogP contribution in [-0.4, -0.2) is 38.2 Å². The van der Waals surface area contributed by atoms with E-state index in [2.05, 4.69) is 10.6 Å². The molecular formula is C25H28N2O5. The van der Waals surface area contributed by atoms with E-state index in [1.807, 2.05) is 48.5 Å². The average molecular weight is 437 g/mol. The minimum absolute atomic E-state index is 0.00381. The van der Waals surface area contributed by atoms with Gasteiger partial charge in [-0.1, -0.05) is 30.3 Å². The summed E-state index contributed by atoms with van der Waals surface area (Å²) in [6.07, 6.45) is 3.53. The fraction of sp³-hybridized carbons (Fsp3) is 0.360. The van der Waals surface area contributed by atoms with Gasteiger partial charge in [0.05, 0.1) is 20.3 Å². The first-order valence-corrected chi connectivity index (χ1v) is 10.8. The van der Waals surface area contributed by atoms with E-state index in [0.717, 1.165) is 16.9 Å². The number of nitrogens with one attached hydrogen (secondary N) is 2. The number of rotatable bonds is 6. The van der Waals surface area contributed by atoms with E-state index in [-0.39, 0.29) is 35.6 Å². The standard InChI is InChI=1S/C25H28N2O5/c1-30-19-8-5-6-16(12-19)15-26-24(28)18-10-11-22-20(13-18)27-25(29)23(32-22)14-17-7-3-4-9-21(17)31-2/h3-9,12,14,18,20,22H,10-11,13,15H2,1-2H3,(H,26,28)(H,27,29)/b23-14+. The van der Waals surface area contributed by atoms with E-state index in [1.54, 1.807) is 20.3 Å². The topological polar surface area (TPSA) is 85.9 Å². The van der Waals surface area contributed by atoms with Crippen LogP contribution in [0.15, 0.2) is 54.3 Å². The molecule has 7 nitrogen and oxygen atoms in total. The van der Waals surface area contributed by atoms with Gasteiger partial charge in [0.15, 0.2) is 5.76 Å². The lowest BCUT2D eigenvalue weighted by Crippen LogP contribution is -2.54. The summed E-state index contributed by atoms with van der Waals surface area (Å²) in [5, 5.41) is 6.04. The van der Waals surface area contributed by atoms with Crippen molar-refractivity contribution >= 4 is 17.9 Å². The molecule has 2 aromatic carbocycles. The number of morpholine rings is 1. The third kappa shape index (κ3) is 4.88. The van der Waals surface area contributed by atoms with Gasteiger partial charge >= 0.3 is 0 Å². The van der Waals surface area contributed by atoms with Gasteiger partial charge in [-0.15, -0.1) is 0 Å². The summed E-state index contributed by atoms with van der Waals surface area (Å²) in [6.45, 7) is 0.440. The average Bonchev–Trinajstić information content (AvgIpc) is 2.83. The van der Waals surface area contributed by atoms with Gasteiger partial charge < -0.3 is 24.8 Å². The largest absolute Gasteiger partial charge is 0.497 e. The second kappa shape index (κ2) is 9.77. The number of carbonyl (C=O) groups excluding carboxylic acids is 2. The molecule has 0 bridgehead atoms. The van der Waals surface area contributed by atoms with Crippen molar-refractivity contribution in [1.82, 2.24) is 10.6 Å². The van der Waals surface area contributed by atoms with Gasteiger partial charge in [-0.3, -0.25) is 9.59 Å². The fourth-order valence-electron chi connectivity index (χ4n) is 4.27. The molecule has 1 aliphatic carbocycles. The molecule has 3 unspecified atom stereocenters. The molecule has 7 heteroatoms. The van der Waals surface area contributed by atoms with Gasteiger partial charge in [-0.25, -0.2) is 0 Å². The van der Waals surface area contributed by atoms with Crippen molar-refractivity contribution in [2.45, 2.75) is 38.0 Å². The van der Waals surface area contributed by atoms with Crippen molar-refractivity contribution in [3.8, 4) is 11.5 Å². The second-order valence-corrected chi connectivity index (χ2v) is 8.07. The number of methoxy groups -OCH3 is 2. The molecule has 2 aliphatic rings. The normalized spacial score (nSPS) is 23.5. The number of hydrogen-bond acceptors (Lipinski definition) is 5. The Balaban J connectivity index is 1.35. The number of ether oxygens (including phenoxy) is 3. The number of benzene rings is 2. The summed E-state index contributed by atoms with van der Waals surface area (Å²) in [5.41, 5.74) is 1.76. The van der Waals surface area contributed by atoms with Crippen LogP contribution in [0.3, 0.4) is 0 Å². The molecular weight excluding hydrogens is 408 g/mol. The van der Waals surface area contributed by atoms with Gasteiger partial charge in [-0.2, -0.15) is 0 Å². The van der Waals surface area contributed by atoms with Crippen LogP contribution in [0, 0.1) is 5.92 Å². The minimum Gasteiger partial charge on any atom is -0.497 e. The first kappa shape index (κ1) is 21.7. The van der Waals surface area contributed by atoms with E-state index >= 15 is 0 Å². The van der Waals surface area contributed by atoms with Gasteiger partial charge in [-0.05, 0) is 49.1 Å². The number of para-hydroxylation sites is 1. The number of amides is 2. The highest BCUT2D eigenvalue weighted by atomic mass is 16.5. The fourth-order valence-corrected chi connectivity index (χ4v) is 4.27. The van der Waals surface area contributed by atoms with Crippen LogP contribution in [0.4, 0.5) is 0 Å². The Kier molecular flexibility index (Phi) is 6.63. The molecule has 3 atom stereocenters. The summed E-state index contributed by atoms with van der Waals surface area (Å²) in [4.78, 5) is 25.4. The molecule has 1 saturated heterocycles. The Labute approximate surface area is 187 Å². The molecule has 1 aliphatic heterocycles. The molecule has 2 aromatic rings. The van der Waals surface area contributed by atoms with Crippen molar-refractivity contribution in [2.75, 3.05) is 14.2 Å². The zero-order valence-corrected chi connectivity index (χ0v) is 18.3. The lowest BCUT2D eigenvalue weighted by molar-refractivity contribution is -0.134. The van der Waals surface area contributed by atoms with Crippen LogP contribution in [0.1, 0.15) is 30.4 Å². The molecule has 4 rings (SSSR count). The number of carbonyl (C=O) groups is 2. The molecule has 0 aromatic heterocycles. The summed E-state index contributed by atoms with van der Waals surface area (Å²) < 4.78 is 16.6.